The third kappa shape index (κ3) is 3.54. The number of hydrogen-bond acceptors (Lipinski definition) is 6. The van der Waals surface area contributed by atoms with Crippen molar-refractivity contribution in [1.29, 1.82) is 0 Å². The van der Waals surface area contributed by atoms with E-state index in [4.69, 9.17) is 9.72 Å². The largest absolute Gasteiger partial charge is 0.381 e. The summed E-state index contributed by atoms with van der Waals surface area (Å²) in [6.45, 7) is 6.10. The fraction of sp³-hybridized carbons (Fsp3) is 0.450. The average molecular weight is 385 g/mol. The molecule has 1 aliphatic rings. The Morgan fingerprint density at radius 3 is 2.81 bits per heavy atom. The molecule has 142 valence electrons. The van der Waals surface area contributed by atoms with Crippen molar-refractivity contribution in [3.8, 4) is 0 Å². The summed E-state index contributed by atoms with van der Waals surface area (Å²) in [7, 11) is 0. The van der Waals surface area contributed by atoms with Gasteiger partial charge in [-0.25, -0.2) is 9.97 Å². The number of aromatic nitrogens is 3. The summed E-state index contributed by atoms with van der Waals surface area (Å²) < 4.78 is 7.20. The Hall–Kier alpha value is -2.09. The van der Waals surface area contributed by atoms with Crippen LogP contribution in [0, 0.1) is 13.8 Å². The number of rotatable bonds is 5. The zero-order valence-electron chi connectivity index (χ0n) is 15.7. The van der Waals surface area contributed by atoms with E-state index in [1.54, 1.807) is 21.9 Å². The molecule has 1 saturated heterocycles. The second-order valence-electron chi connectivity index (χ2n) is 7.08. The van der Waals surface area contributed by atoms with Crippen LogP contribution >= 0.6 is 11.3 Å². The molecule has 1 fully saturated rings. The molecule has 0 bridgehead atoms. The second-order valence-corrected chi connectivity index (χ2v) is 7.93. The first-order valence-electron chi connectivity index (χ1n) is 9.31. The van der Waals surface area contributed by atoms with Gasteiger partial charge in [0.15, 0.2) is 0 Å². The summed E-state index contributed by atoms with van der Waals surface area (Å²) in [4.78, 5) is 22.2. The monoisotopic (exact) mass is 384 g/mol. The van der Waals surface area contributed by atoms with Crippen LogP contribution in [0.4, 0.5) is 0 Å². The summed E-state index contributed by atoms with van der Waals surface area (Å²) in [5.41, 5.74) is 3.17. The molecule has 4 heterocycles. The number of thiazole rings is 1. The quantitative estimate of drug-likeness (QED) is 0.732. The van der Waals surface area contributed by atoms with E-state index in [0.717, 1.165) is 48.0 Å². The minimum atomic E-state index is -0.161. The van der Waals surface area contributed by atoms with Crippen LogP contribution in [0.25, 0.3) is 5.65 Å². The van der Waals surface area contributed by atoms with E-state index in [-0.39, 0.29) is 11.1 Å². The van der Waals surface area contributed by atoms with Crippen molar-refractivity contribution in [2.75, 3.05) is 19.8 Å². The molecule has 0 amide bonds. The van der Waals surface area contributed by atoms with Crippen molar-refractivity contribution < 1.29 is 4.74 Å². The first kappa shape index (κ1) is 18.3. The van der Waals surface area contributed by atoms with Crippen molar-refractivity contribution in [2.24, 2.45) is 0 Å². The number of nitrogens with zero attached hydrogens (tertiary/aromatic N) is 3. The molecule has 0 radical (unpaired) electrons. The smallest absolute Gasteiger partial charge is 0.261 e. The van der Waals surface area contributed by atoms with Crippen LogP contribution in [0.3, 0.4) is 0 Å². The van der Waals surface area contributed by atoms with Gasteiger partial charge in [0.25, 0.3) is 5.56 Å². The number of pyridine rings is 1. The molecule has 6 nitrogen and oxygen atoms in total. The number of aryl methyl sites for hydroxylation is 2. The highest BCUT2D eigenvalue weighted by molar-refractivity contribution is 7.09. The lowest BCUT2D eigenvalue weighted by Gasteiger charge is -2.36. The summed E-state index contributed by atoms with van der Waals surface area (Å²) in [6, 6.07) is 5.61. The van der Waals surface area contributed by atoms with Gasteiger partial charge in [0.2, 0.25) is 0 Å². The van der Waals surface area contributed by atoms with Crippen LogP contribution in [0.5, 0.6) is 0 Å². The Labute approximate surface area is 162 Å². The van der Waals surface area contributed by atoms with E-state index in [1.807, 2.05) is 32.0 Å². The summed E-state index contributed by atoms with van der Waals surface area (Å²) >= 11 is 1.70. The van der Waals surface area contributed by atoms with Crippen LogP contribution in [-0.4, -0.2) is 34.1 Å². The van der Waals surface area contributed by atoms with Crippen LogP contribution < -0.4 is 10.9 Å². The van der Waals surface area contributed by atoms with Crippen molar-refractivity contribution in [1.82, 2.24) is 19.7 Å². The number of hydrogen-bond donors (Lipinski definition) is 1. The van der Waals surface area contributed by atoms with Gasteiger partial charge in [-0.05, 0) is 45.2 Å². The molecule has 4 rings (SSSR count). The predicted molar refractivity (Wildman–Crippen MR) is 106 cm³/mol. The highest BCUT2D eigenvalue weighted by atomic mass is 32.1. The van der Waals surface area contributed by atoms with Crippen molar-refractivity contribution in [3.63, 3.8) is 0 Å². The van der Waals surface area contributed by atoms with Gasteiger partial charge in [-0.15, -0.1) is 11.3 Å². The number of ether oxygens (including phenoxy) is 1. The molecule has 0 aromatic carbocycles. The average Bonchev–Trinajstić information content (AvgIpc) is 3.12. The first-order valence-corrected chi connectivity index (χ1v) is 10.2. The molecule has 3 aromatic rings. The van der Waals surface area contributed by atoms with Gasteiger partial charge in [-0.1, -0.05) is 6.07 Å². The lowest BCUT2D eigenvalue weighted by Crippen LogP contribution is -2.47. The number of fused-ring (bicyclic) bond motifs is 1. The third-order valence-corrected chi connectivity index (χ3v) is 6.41. The molecule has 0 spiro atoms. The van der Waals surface area contributed by atoms with E-state index in [0.29, 0.717) is 18.6 Å². The first-order chi connectivity index (χ1) is 13.1. The Bertz CT molecular complexity index is 1000. The fourth-order valence-corrected chi connectivity index (χ4v) is 4.74. The molecule has 0 aliphatic carbocycles. The van der Waals surface area contributed by atoms with E-state index < -0.39 is 0 Å². The Balaban J connectivity index is 1.56. The second kappa shape index (κ2) is 7.50. The normalized spacial score (nSPS) is 16.7. The maximum atomic E-state index is 12.8. The Morgan fingerprint density at radius 2 is 2.07 bits per heavy atom. The lowest BCUT2D eigenvalue weighted by molar-refractivity contribution is 0.0367. The van der Waals surface area contributed by atoms with Crippen LogP contribution in [0.2, 0.25) is 0 Å². The topological polar surface area (TPSA) is 68.5 Å². The van der Waals surface area contributed by atoms with E-state index >= 15 is 0 Å². The lowest BCUT2D eigenvalue weighted by atomic mass is 9.90. The van der Waals surface area contributed by atoms with Crippen molar-refractivity contribution in [3.05, 3.63) is 62.1 Å². The predicted octanol–water partition coefficient (Wildman–Crippen LogP) is 2.61. The van der Waals surface area contributed by atoms with E-state index in [1.165, 1.54) is 0 Å². The molecule has 0 unspecified atom stereocenters. The summed E-state index contributed by atoms with van der Waals surface area (Å²) in [6.07, 6.45) is 4.21. The molecular weight excluding hydrogens is 360 g/mol. The van der Waals surface area contributed by atoms with Crippen molar-refractivity contribution in [2.45, 2.75) is 38.6 Å². The fourth-order valence-electron chi connectivity index (χ4n) is 3.71. The van der Waals surface area contributed by atoms with Crippen molar-refractivity contribution >= 4 is 17.0 Å². The minimum Gasteiger partial charge on any atom is -0.381 e. The summed E-state index contributed by atoms with van der Waals surface area (Å²) in [5.74, 6) is 0. The minimum absolute atomic E-state index is 0.0195. The molecule has 27 heavy (non-hydrogen) atoms. The van der Waals surface area contributed by atoms with Gasteiger partial charge in [0, 0.05) is 48.3 Å². The van der Waals surface area contributed by atoms with Gasteiger partial charge in [0.1, 0.15) is 10.7 Å². The molecule has 0 saturated carbocycles. The van der Waals surface area contributed by atoms with Gasteiger partial charge < -0.3 is 10.1 Å². The highest BCUT2D eigenvalue weighted by Crippen LogP contribution is 2.34. The number of nitrogens with one attached hydrogen (secondary N) is 1. The van der Waals surface area contributed by atoms with Gasteiger partial charge >= 0.3 is 0 Å². The van der Waals surface area contributed by atoms with Crippen LogP contribution in [0.15, 0.2) is 34.6 Å². The molecule has 1 aliphatic heterocycles. The molecular formula is C20H24N4O2S. The zero-order valence-corrected chi connectivity index (χ0v) is 16.5. The van der Waals surface area contributed by atoms with Crippen LogP contribution in [0.1, 0.15) is 34.8 Å². The standard InChI is InChI=1S/C20H24N4O2S/c1-14-13-27-19(22-14)20(7-11-26-12-8-20)21-9-6-16-15(2)23-17-5-3-4-10-24(17)18(16)25/h3-5,10,13,21H,6-9,11-12H2,1-2H3. The molecule has 0 atom stereocenters. The zero-order chi connectivity index (χ0) is 18.9. The van der Waals surface area contributed by atoms with Gasteiger partial charge in [-0.2, -0.15) is 0 Å². The third-order valence-electron chi connectivity index (χ3n) is 5.25. The molecule has 7 heteroatoms. The van der Waals surface area contributed by atoms with E-state index in [2.05, 4.69) is 15.7 Å². The van der Waals surface area contributed by atoms with E-state index in [9.17, 15) is 4.79 Å². The Kier molecular flexibility index (Phi) is 5.08. The van der Waals surface area contributed by atoms with Crippen LogP contribution in [-0.2, 0) is 16.7 Å². The SMILES string of the molecule is Cc1csc(C2(NCCc3c(C)nc4ccccn4c3=O)CCOCC2)n1. The Morgan fingerprint density at radius 1 is 1.26 bits per heavy atom. The van der Waals surface area contributed by atoms with Gasteiger partial charge in [0.05, 0.1) is 5.54 Å². The molecule has 1 N–H and O–H groups in total. The maximum absolute atomic E-state index is 12.8. The molecule has 3 aromatic heterocycles. The maximum Gasteiger partial charge on any atom is 0.261 e. The highest BCUT2D eigenvalue weighted by Gasteiger charge is 2.36. The van der Waals surface area contributed by atoms with Gasteiger partial charge in [-0.3, -0.25) is 9.20 Å². The summed E-state index contributed by atoms with van der Waals surface area (Å²) in [5, 5.41) is 6.92.